The summed E-state index contributed by atoms with van der Waals surface area (Å²) >= 11 is 0. The zero-order chi connectivity index (χ0) is 26.4. The third-order valence-corrected chi connectivity index (χ3v) is 7.87. The van der Waals surface area contributed by atoms with Crippen LogP contribution in [0.1, 0.15) is 19.4 Å². The van der Waals surface area contributed by atoms with Crippen molar-refractivity contribution < 1.29 is 18.5 Å². The minimum absolute atomic E-state index is 0.201. The van der Waals surface area contributed by atoms with E-state index in [2.05, 4.69) is 32.0 Å². The molecule has 4 rings (SSSR count). The van der Waals surface area contributed by atoms with Crippen LogP contribution in [0.25, 0.3) is 10.8 Å². The highest BCUT2D eigenvalue weighted by Crippen LogP contribution is 2.26. The number of halogens is 1. The predicted octanol–water partition coefficient (Wildman–Crippen LogP) is 4.02. The summed E-state index contributed by atoms with van der Waals surface area (Å²) < 4.78 is 29.3. The summed E-state index contributed by atoms with van der Waals surface area (Å²) in [6.45, 7) is 8.03. The lowest BCUT2D eigenvalue weighted by Crippen LogP contribution is -2.46. The molecule has 1 aliphatic heterocycles. The molecule has 0 spiro atoms. The van der Waals surface area contributed by atoms with E-state index >= 15 is 0 Å². The second kappa shape index (κ2) is 12.1. The fraction of sp³-hybridized carbons (Fsp3) is 0.393. The number of rotatable bonds is 10. The van der Waals surface area contributed by atoms with Crippen LogP contribution in [0.5, 0.6) is 0 Å². The van der Waals surface area contributed by atoms with Gasteiger partial charge < -0.3 is 15.1 Å². The van der Waals surface area contributed by atoms with Crippen LogP contribution >= 0.6 is 0 Å². The molecule has 3 aromatic rings. The van der Waals surface area contributed by atoms with Crippen molar-refractivity contribution in [1.82, 2.24) is 9.80 Å². The van der Waals surface area contributed by atoms with Crippen molar-refractivity contribution in [3.05, 3.63) is 66.2 Å². The van der Waals surface area contributed by atoms with Gasteiger partial charge in [0.1, 0.15) is 6.67 Å². The second-order valence-corrected chi connectivity index (χ2v) is 11.3. The summed E-state index contributed by atoms with van der Waals surface area (Å²) in [7, 11) is -1.48. The molecule has 0 aliphatic carbocycles. The lowest BCUT2D eigenvalue weighted by molar-refractivity contribution is -0.124. The molecule has 1 heterocycles. The van der Waals surface area contributed by atoms with Gasteiger partial charge in [0.25, 0.3) is 0 Å². The Kier molecular flexibility index (Phi) is 8.91. The maximum Gasteiger partial charge on any atom is 0.232 e. The number of benzene rings is 3. The Hall–Kier alpha value is -2.85. The molecular weight excluding hydrogens is 491 g/mol. The van der Waals surface area contributed by atoms with E-state index in [9.17, 15) is 13.4 Å². The monoisotopic (exact) mass is 526 g/mol. The van der Waals surface area contributed by atoms with E-state index in [0.29, 0.717) is 16.3 Å². The summed E-state index contributed by atoms with van der Waals surface area (Å²) in [5.74, 6) is -0.390. The Labute approximate surface area is 220 Å². The average Bonchev–Trinajstić information content (AvgIpc) is 2.90. The maximum absolute atomic E-state index is 13.2. The zero-order valence-electron chi connectivity index (χ0n) is 21.4. The van der Waals surface area contributed by atoms with Gasteiger partial charge >= 0.3 is 0 Å². The smallest absolute Gasteiger partial charge is 0.232 e. The number of hydrogen-bond acceptors (Lipinski definition) is 5. The fourth-order valence-corrected chi connectivity index (χ4v) is 5.33. The van der Waals surface area contributed by atoms with E-state index in [-0.39, 0.29) is 6.61 Å². The number of anilines is 2. The van der Waals surface area contributed by atoms with E-state index in [0.717, 1.165) is 50.0 Å². The largest absolute Gasteiger partial charge is 0.395 e. The normalized spacial score (nSPS) is 16.0. The minimum Gasteiger partial charge on any atom is -0.395 e. The van der Waals surface area contributed by atoms with E-state index in [4.69, 9.17) is 5.11 Å². The van der Waals surface area contributed by atoms with E-state index < -0.39 is 29.0 Å². The number of carbonyl (C=O) groups excluding carboxylic acids is 1. The van der Waals surface area contributed by atoms with Crippen molar-refractivity contribution in [1.29, 1.82) is 0 Å². The highest BCUT2D eigenvalue weighted by molar-refractivity contribution is 7.86. The van der Waals surface area contributed by atoms with Gasteiger partial charge in [-0.2, -0.15) is 0 Å². The third kappa shape index (κ3) is 6.93. The molecule has 0 bridgehead atoms. The quantitative estimate of drug-likeness (QED) is 0.372. The Bertz CT molecular complexity index is 1240. The number of aliphatic hydroxyl groups is 1. The van der Waals surface area contributed by atoms with Gasteiger partial charge in [0.05, 0.1) is 16.9 Å². The van der Waals surface area contributed by atoms with Crippen molar-refractivity contribution >= 4 is 39.0 Å². The number of alkyl halides is 1. The first-order valence-corrected chi connectivity index (χ1v) is 13.7. The van der Waals surface area contributed by atoms with Gasteiger partial charge in [-0.3, -0.25) is 14.6 Å². The maximum atomic E-state index is 13.2. The van der Waals surface area contributed by atoms with Crippen LogP contribution in [0, 0.1) is 5.41 Å². The van der Waals surface area contributed by atoms with Gasteiger partial charge in [-0.1, -0.05) is 24.3 Å². The van der Waals surface area contributed by atoms with Crippen LogP contribution in [0.3, 0.4) is 0 Å². The Morgan fingerprint density at radius 3 is 2.35 bits per heavy atom. The van der Waals surface area contributed by atoms with Crippen molar-refractivity contribution in [3.63, 3.8) is 0 Å². The topological polar surface area (TPSA) is 84.9 Å². The van der Waals surface area contributed by atoms with Crippen LogP contribution in [-0.2, 0) is 22.3 Å². The number of carbonyl (C=O) groups is 1. The molecule has 1 aliphatic rings. The number of fused-ring (bicyclic) bond motifs is 1. The Morgan fingerprint density at radius 2 is 1.68 bits per heavy atom. The van der Waals surface area contributed by atoms with Gasteiger partial charge in [0.2, 0.25) is 5.91 Å². The molecule has 9 heteroatoms. The molecule has 0 saturated carbocycles. The van der Waals surface area contributed by atoms with Crippen molar-refractivity contribution in [2.45, 2.75) is 25.3 Å². The first kappa shape index (κ1) is 27.2. The Morgan fingerprint density at radius 1 is 1.00 bits per heavy atom. The van der Waals surface area contributed by atoms with Gasteiger partial charge in [0, 0.05) is 50.6 Å². The van der Waals surface area contributed by atoms with E-state index in [1.165, 1.54) is 5.56 Å². The highest BCUT2D eigenvalue weighted by atomic mass is 32.2. The minimum atomic E-state index is -1.48. The predicted molar refractivity (Wildman–Crippen MR) is 148 cm³/mol. The average molecular weight is 527 g/mol. The molecule has 1 amide bonds. The van der Waals surface area contributed by atoms with Gasteiger partial charge in [-0.15, -0.1) is 0 Å². The van der Waals surface area contributed by atoms with E-state index in [1.54, 1.807) is 38.1 Å². The summed E-state index contributed by atoms with van der Waals surface area (Å²) in [6, 6.07) is 19.0. The molecule has 37 heavy (non-hydrogen) atoms. The molecule has 7 nitrogen and oxygen atoms in total. The number of nitrogens with one attached hydrogen (secondary N) is 2. The van der Waals surface area contributed by atoms with E-state index in [1.807, 2.05) is 24.3 Å². The van der Waals surface area contributed by atoms with Crippen LogP contribution < -0.4 is 10.0 Å². The number of amides is 1. The summed E-state index contributed by atoms with van der Waals surface area (Å²) in [5, 5.41) is 13.8. The molecule has 1 fully saturated rings. The molecule has 1 saturated heterocycles. The van der Waals surface area contributed by atoms with Crippen molar-refractivity contribution in [2.24, 2.45) is 5.41 Å². The number of hydrogen-bond donors (Lipinski definition) is 3. The molecule has 0 radical (unpaired) electrons. The van der Waals surface area contributed by atoms with Crippen LogP contribution in [0.15, 0.2) is 65.6 Å². The SMILES string of the molecule is CC(C)(CF)C(=O)Nc1ccc(NS(=O)c2cccc3cc(CN4CCN(CCO)CC4)ccc23)cc1. The molecule has 198 valence electrons. The molecule has 3 N–H and O–H groups in total. The zero-order valence-corrected chi connectivity index (χ0v) is 22.2. The standard InChI is InChI=1S/C28H35FN4O3S/c1-28(2,20-29)27(35)30-23-7-9-24(10-8-23)31-37(36)26-5-3-4-22-18-21(6-11-25(22)26)19-33-14-12-32(13-15-33)16-17-34/h3-11,18,31,34H,12-17,19-20H2,1-2H3,(H,30,35). The number of nitrogens with zero attached hydrogens (tertiary/aromatic N) is 2. The fourth-order valence-electron chi connectivity index (χ4n) is 4.28. The van der Waals surface area contributed by atoms with Gasteiger partial charge in [-0.05, 0) is 66.6 Å². The number of aliphatic hydroxyl groups excluding tert-OH is 1. The first-order chi connectivity index (χ1) is 17.8. The van der Waals surface area contributed by atoms with Crippen LogP contribution in [0.4, 0.5) is 15.8 Å². The highest BCUT2D eigenvalue weighted by Gasteiger charge is 2.27. The second-order valence-electron chi connectivity index (χ2n) is 10.1. The molecule has 1 unspecified atom stereocenters. The van der Waals surface area contributed by atoms with Crippen LogP contribution in [0.2, 0.25) is 0 Å². The summed E-state index contributed by atoms with van der Waals surface area (Å²) in [5.41, 5.74) is 1.32. The summed E-state index contributed by atoms with van der Waals surface area (Å²) in [6.07, 6.45) is 0. The molecular formula is C28H35FN4O3S. The Balaban J connectivity index is 1.40. The lowest BCUT2D eigenvalue weighted by atomic mass is 9.94. The first-order valence-electron chi connectivity index (χ1n) is 12.5. The van der Waals surface area contributed by atoms with Crippen molar-refractivity contribution in [2.75, 3.05) is 56.0 Å². The number of piperazine rings is 1. The molecule has 1 atom stereocenters. The summed E-state index contributed by atoms with van der Waals surface area (Å²) in [4.78, 5) is 17.6. The number of β-amino-alcohol motifs (C(OH)–C–C–N with tert-alkyl or cyclic N) is 1. The van der Waals surface area contributed by atoms with Gasteiger partial charge in [-0.25, -0.2) is 8.60 Å². The van der Waals surface area contributed by atoms with Crippen molar-refractivity contribution in [3.8, 4) is 0 Å². The molecule has 0 aromatic heterocycles. The third-order valence-electron chi connectivity index (χ3n) is 6.69. The lowest BCUT2D eigenvalue weighted by Gasteiger charge is -2.34. The van der Waals surface area contributed by atoms with Gasteiger partial charge in [0.15, 0.2) is 11.0 Å². The van der Waals surface area contributed by atoms with Crippen LogP contribution in [-0.4, -0.2) is 71.0 Å². The molecule has 3 aromatic carbocycles.